The maximum absolute atomic E-state index is 14.2. The van der Waals surface area contributed by atoms with E-state index >= 15 is 0 Å². The predicted octanol–water partition coefficient (Wildman–Crippen LogP) is 6.26. The third-order valence-electron chi connectivity index (χ3n) is 10.5. The molecule has 1 saturated heterocycles. The summed E-state index contributed by atoms with van der Waals surface area (Å²) in [7, 11) is -9.25. The molecule has 11 nitrogen and oxygen atoms in total. The zero-order chi connectivity index (χ0) is 35.8. The monoisotopic (exact) mass is 779 g/mol. The first-order chi connectivity index (χ1) is 21.4. The van der Waals surface area contributed by atoms with Gasteiger partial charge in [0.25, 0.3) is 15.7 Å². The fraction of sp³-hybridized carbons (Fsp3) is 0.812. The van der Waals surface area contributed by atoms with Gasteiger partial charge in [0, 0.05) is 23.6 Å². The summed E-state index contributed by atoms with van der Waals surface area (Å²) in [4.78, 5) is 27.5. The molecule has 1 aromatic rings. The summed E-state index contributed by atoms with van der Waals surface area (Å²) < 4.78 is 54.9. The van der Waals surface area contributed by atoms with Crippen molar-refractivity contribution in [3.05, 3.63) is 43.7 Å². The first-order valence-corrected chi connectivity index (χ1v) is 25.1. The van der Waals surface area contributed by atoms with Gasteiger partial charge < -0.3 is 19.3 Å². The number of nitrogens with zero attached hydrogens (tertiary/aromatic N) is 2. The van der Waals surface area contributed by atoms with Gasteiger partial charge in [-0.05, 0) is 56.0 Å². The van der Waals surface area contributed by atoms with Crippen molar-refractivity contribution in [2.24, 2.45) is 5.73 Å². The number of rotatable bonds is 14. The molecule has 0 bridgehead atoms. The van der Waals surface area contributed by atoms with E-state index in [0.29, 0.717) is 12.0 Å². The molecule has 0 aliphatic carbocycles. The van der Waals surface area contributed by atoms with E-state index in [4.69, 9.17) is 23.5 Å². The van der Waals surface area contributed by atoms with Gasteiger partial charge in [0.1, 0.15) is 12.2 Å². The van der Waals surface area contributed by atoms with E-state index in [1.54, 1.807) is 6.92 Å². The molecule has 1 spiro atoms. The summed E-state index contributed by atoms with van der Waals surface area (Å²) in [5, 5.41) is 1.46. The van der Waals surface area contributed by atoms with E-state index < -0.39 is 56.5 Å². The summed E-state index contributed by atoms with van der Waals surface area (Å²) >= 11 is 3.46. The molecular weight excluding hydrogens is 723 g/mol. The maximum atomic E-state index is 14.2. The van der Waals surface area contributed by atoms with E-state index in [0.717, 1.165) is 42.8 Å². The van der Waals surface area contributed by atoms with Crippen molar-refractivity contribution in [1.82, 2.24) is 9.13 Å². The first kappa shape index (κ1) is 40.4. The minimum atomic E-state index is -4.21. The molecule has 0 radical (unpaired) electrons. The SMILES string of the molecule is Cc1cn([C@@H]2O[C@H](CO[Si](C)(C)C(C)(C)C)[C@@]3(OS(=O)(=O)C=C3N)[C@H]2O[Si](C)(C)C(C)(C)C)c(=O)n(CCCCCCCCBr)c1=O. The Hall–Kier alpha value is -1.08. The quantitative estimate of drug-likeness (QED) is 0.100. The van der Waals surface area contributed by atoms with E-state index in [1.807, 2.05) is 13.1 Å². The highest BCUT2D eigenvalue weighted by molar-refractivity contribution is 9.09. The van der Waals surface area contributed by atoms with Crippen LogP contribution in [0.15, 0.2) is 26.9 Å². The Kier molecular flexibility index (Phi) is 12.6. The van der Waals surface area contributed by atoms with Gasteiger partial charge in [-0.15, -0.1) is 0 Å². The summed E-state index contributed by atoms with van der Waals surface area (Å²) in [5.74, 6) is 0. The van der Waals surface area contributed by atoms with Crippen molar-refractivity contribution in [2.75, 3.05) is 11.9 Å². The zero-order valence-electron chi connectivity index (χ0n) is 30.3. The van der Waals surface area contributed by atoms with Gasteiger partial charge in [0.05, 0.1) is 17.7 Å². The normalized spacial score (nSPS) is 25.1. The number of ether oxygens (including phenoxy) is 1. The van der Waals surface area contributed by atoms with Crippen molar-refractivity contribution in [3.63, 3.8) is 0 Å². The Morgan fingerprint density at radius 1 is 0.957 bits per heavy atom. The van der Waals surface area contributed by atoms with Gasteiger partial charge >= 0.3 is 5.69 Å². The van der Waals surface area contributed by atoms with Crippen molar-refractivity contribution >= 4 is 42.7 Å². The molecule has 0 amide bonds. The van der Waals surface area contributed by atoms with E-state index in [-0.39, 0.29) is 34.5 Å². The van der Waals surface area contributed by atoms with Gasteiger partial charge in [-0.3, -0.25) is 13.9 Å². The van der Waals surface area contributed by atoms with Gasteiger partial charge in [-0.2, -0.15) is 8.42 Å². The molecule has 270 valence electrons. The summed E-state index contributed by atoms with van der Waals surface area (Å²) in [6, 6.07) is 0. The van der Waals surface area contributed by atoms with Gasteiger partial charge in [0.15, 0.2) is 28.5 Å². The Labute approximate surface area is 292 Å². The number of nitrogens with two attached hydrogens (primary N) is 1. The number of hydrogen-bond acceptors (Lipinski definition) is 9. The summed E-state index contributed by atoms with van der Waals surface area (Å²) in [5.41, 5.74) is 4.18. The van der Waals surface area contributed by atoms with Crippen molar-refractivity contribution < 1.29 is 26.2 Å². The molecule has 3 rings (SSSR count). The largest absolute Gasteiger partial charge is 0.414 e. The number of unbranched alkanes of at least 4 members (excludes halogenated alkanes) is 5. The van der Waals surface area contributed by atoms with Crippen molar-refractivity contribution in [3.8, 4) is 0 Å². The molecular formula is C32H58BrN3O8SSi2. The van der Waals surface area contributed by atoms with Crippen LogP contribution in [0.1, 0.15) is 91.9 Å². The Bertz CT molecular complexity index is 1530. The van der Waals surface area contributed by atoms with Crippen LogP contribution in [-0.2, 0) is 34.4 Å². The van der Waals surface area contributed by atoms with E-state index in [9.17, 15) is 18.0 Å². The number of alkyl halides is 1. The lowest BCUT2D eigenvalue weighted by atomic mass is 9.89. The minimum absolute atomic E-state index is 0.0309. The highest BCUT2D eigenvalue weighted by atomic mass is 79.9. The fourth-order valence-corrected chi connectivity index (χ4v) is 9.33. The Morgan fingerprint density at radius 3 is 2.02 bits per heavy atom. The minimum Gasteiger partial charge on any atom is -0.414 e. The van der Waals surface area contributed by atoms with Crippen LogP contribution >= 0.6 is 15.9 Å². The molecule has 0 unspecified atom stereocenters. The van der Waals surface area contributed by atoms with Gasteiger partial charge in [-0.1, -0.05) is 83.2 Å². The molecule has 2 N–H and O–H groups in total. The molecule has 0 aromatic carbocycles. The molecule has 1 fully saturated rings. The van der Waals surface area contributed by atoms with Crippen molar-refractivity contribution in [1.29, 1.82) is 0 Å². The van der Waals surface area contributed by atoms with Crippen molar-refractivity contribution in [2.45, 2.75) is 154 Å². The standard InChI is InChI=1S/C32H58BrN3O8SSi2/c1-23-20-36(29(38)35(27(23)37)19-17-15-13-12-14-16-18-33)28-26(43-47(10,11)31(5,6)7)32(24(34)22-45(39,40)44-32)25(42-28)21-41-46(8,9)30(2,3)4/h20,22,25-26,28H,12-19,21,34H2,1-11H3/t25-,26+,28-,32-/m1/s1. The molecule has 0 saturated carbocycles. The molecule has 47 heavy (non-hydrogen) atoms. The number of hydrogen-bond donors (Lipinski definition) is 1. The number of halogens is 1. The second kappa shape index (κ2) is 14.6. The Morgan fingerprint density at radius 2 is 1.51 bits per heavy atom. The van der Waals surface area contributed by atoms with E-state index in [1.165, 1.54) is 15.3 Å². The smallest absolute Gasteiger partial charge is 0.333 e. The highest BCUT2D eigenvalue weighted by Crippen LogP contribution is 2.52. The summed E-state index contributed by atoms with van der Waals surface area (Å²) in [6.45, 7) is 22.7. The molecule has 15 heteroatoms. The predicted molar refractivity (Wildman–Crippen MR) is 195 cm³/mol. The molecule has 2 aliphatic rings. The van der Waals surface area contributed by atoms with Crippen LogP contribution in [0.2, 0.25) is 36.3 Å². The van der Waals surface area contributed by atoms with Crippen LogP contribution in [0.25, 0.3) is 0 Å². The highest BCUT2D eigenvalue weighted by Gasteiger charge is 2.67. The molecule has 1 aromatic heterocycles. The van der Waals surface area contributed by atoms with Crippen LogP contribution in [0.5, 0.6) is 0 Å². The zero-order valence-corrected chi connectivity index (χ0v) is 34.7. The second-order valence-electron chi connectivity index (χ2n) is 16.1. The topological polar surface area (TPSA) is 141 Å². The first-order valence-electron chi connectivity index (χ1n) is 16.7. The third kappa shape index (κ3) is 8.63. The van der Waals surface area contributed by atoms with Gasteiger partial charge in [0.2, 0.25) is 0 Å². The molecule has 3 heterocycles. The summed E-state index contributed by atoms with van der Waals surface area (Å²) in [6.07, 6.45) is 4.09. The maximum Gasteiger partial charge on any atom is 0.333 e. The van der Waals surface area contributed by atoms with Crippen LogP contribution in [0.3, 0.4) is 0 Å². The third-order valence-corrected chi connectivity index (χ3v) is 21.0. The lowest BCUT2D eigenvalue weighted by Gasteiger charge is -2.43. The van der Waals surface area contributed by atoms with Crippen LogP contribution in [0.4, 0.5) is 0 Å². The average Bonchev–Trinajstić information content (AvgIpc) is 3.35. The lowest BCUT2D eigenvalue weighted by molar-refractivity contribution is -0.0567. The second-order valence-corrected chi connectivity index (χ2v) is 27.8. The van der Waals surface area contributed by atoms with Crippen LogP contribution in [-0.4, -0.2) is 63.9 Å². The lowest BCUT2D eigenvalue weighted by Crippen LogP contribution is -2.59. The average molecular weight is 781 g/mol. The molecule has 2 aliphatic heterocycles. The fourth-order valence-electron chi connectivity index (χ4n) is 5.42. The van der Waals surface area contributed by atoms with Gasteiger partial charge in [-0.25, -0.2) is 8.98 Å². The number of aryl methyl sites for hydroxylation is 1. The molecule has 4 atom stereocenters. The van der Waals surface area contributed by atoms with Crippen LogP contribution in [0, 0.1) is 6.92 Å². The van der Waals surface area contributed by atoms with E-state index in [2.05, 4.69) is 70.6 Å². The number of aromatic nitrogens is 2. The van der Waals surface area contributed by atoms with Crippen LogP contribution < -0.4 is 17.0 Å². The Balaban J connectivity index is 2.15.